The maximum Gasteiger partial charge on any atom is 0.276 e. The van der Waals surface area contributed by atoms with E-state index in [1.54, 1.807) is 17.1 Å². The van der Waals surface area contributed by atoms with Crippen molar-refractivity contribution in [1.29, 1.82) is 0 Å². The molecule has 31 heavy (non-hydrogen) atoms. The van der Waals surface area contributed by atoms with Crippen LogP contribution in [0.25, 0.3) is 6.08 Å². The Morgan fingerprint density at radius 1 is 0.935 bits per heavy atom. The van der Waals surface area contributed by atoms with Crippen molar-refractivity contribution in [3.05, 3.63) is 112 Å². The van der Waals surface area contributed by atoms with Crippen molar-refractivity contribution in [3.63, 3.8) is 0 Å². The number of hydrogen-bond acceptors (Lipinski definition) is 2. The van der Waals surface area contributed by atoms with E-state index >= 15 is 0 Å². The lowest BCUT2D eigenvalue weighted by atomic mass is 9.77. The van der Waals surface area contributed by atoms with Crippen LogP contribution in [-0.2, 0) is 0 Å². The van der Waals surface area contributed by atoms with E-state index in [0.29, 0.717) is 10.6 Å². The van der Waals surface area contributed by atoms with E-state index in [1.165, 1.54) is 5.57 Å². The Bertz CT molecular complexity index is 1150. The van der Waals surface area contributed by atoms with Crippen molar-refractivity contribution < 1.29 is 4.79 Å². The Kier molecular flexibility index (Phi) is 5.44. The number of carbonyl (C=O) groups is 1. The maximum absolute atomic E-state index is 13.6. The third-order valence-corrected chi connectivity index (χ3v) is 6.43. The highest BCUT2D eigenvalue weighted by atomic mass is 35.5. The van der Waals surface area contributed by atoms with Gasteiger partial charge in [-0.15, -0.1) is 0 Å². The van der Waals surface area contributed by atoms with Crippen LogP contribution < -0.4 is 0 Å². The fourth-order valence-electron chi connectivity index (χ4n) is 4.66. The van der Waals surface area contributed by atoms with Gasteiger partial charge in [-0.3, -0.25) is 4.79 Å². The summed E-state index contributed by atoms with van der Waals surface area (Å²) >= 11 is 6.37. The zero-order valence-electron chi connectivity index (χ0n) is 17.1. The molecule has 3 aromatic rings. The monoisotopic (exact) mass is 426 g/mol. The van der Waals surface area contributed by atoms with Gasteiger partial charge in [0.25, 0.3) is 5.91 Å². The first kappa shape index (κ1) is 19.8. The van der Waals surface area contributed by atoms with Gasteiger partial charge in [0.15, 0.2) is 0 Å². The number of fused-ring (bicyclic) bond motifs is 1. The molecule has 3 nitrogen and oxygen atoms in total. The van der Waals surface area contributed by atoms with Crippen LogP contribution in [0.4, 0.5) is 0 Å². The molecule has 0 spiro atoms. The van der Waals surface area contributed by atoms with Gasteiger partial charge < -0.3 is 0 Å². The van der Waals surface area contributed by atoms with Crippen LogP contribution in [0.3, 0.4) is 0 Å². The van der Waals surface area contributed by atoms with E-state index in [0.717, 1.165) is 36.1 Å². The number of carbonyl (C=O) groups excluding carboxylic acids is 1. The lowest BCUT2D eigenvalue weighted by molar-refractivity contribution is 0.0681. The standard InChI is InChI=1S/C27H23ClN2O/c28-24-17-8-7-15-22(24)27(31)30-26(20-12-5-2-6-13-20)23-16-9-14-21(25(23)29-30)18-19-10-3-1-4-11-19/h1-8,10-13,15,17-18,23,26H,9,14,16H2/b21-18+/t23-,26+/m1/s1. The summed E-state index contributed by atoms with van der Waals surface area (Å²) in [4.78, 5) is 13.6. The molecule has 154 valence electrons. The zero-order chi connectivity index (χ0) is 21.2. The van der Waals surface area contributed by atoms with E-state index in [-0.39, 0.29) is 17.9 Å². The topological polar surface area (TPSA) is 32.7 Å². The first-order valence-corrected chi connectivity index (χ1v) is 11.1. The summed E-state index contributed by atoms with van der Waals surface area (Å²) in [6.45, 7) is 0. The Balaban J connectivity index is 1.59. The first-order valence-electron chi connectivity index (χ1n) is 10.7. The highest BCUT2D eigenvalue weighted by molar-refractivity contribution is 6.33. The summed E-state index contributed by atoms with van der Waals surface area (Å²) in [5.74, 6) is 0.0259. The molecular formula is C27H23ClN2O. The summed E-state index contributed by atoms with van der Waals surface area (Å²) in [5, 5.41) is 7.06. The van der Waals surface area contributed by atoms with Gasteiger partial charge in [-0.05, 0) is 54.2 Å². The minimum atomic E-state index is -0.152. The second-order valence-corrected chi connectivity index (χ2v) is 8.46. The Morgan fingerprint density at radius 2 is 1.61 bits per heavy atom. The molecule has 0 aromatic heterocycles. The Morgan fingerprint density at radius 3 is 2.35 bits per heavy atom. The summed E-state index contributed by atoms with van der Waals surface area (Å²) in [7, 11) is 0. The van der Waals surface area contributed by atoms with Crippen molar-refractivity contribution in [2.45, 2.75) is 25.3 Å². The predicted molar refractivity (Wildman–Crippen MR) is 126 cm³/mol. The number of hydrazone groups is 1. The number of amides is 1. The quantitative estimate of drug-likeness (QED) is 0.454. The molecule has 2 aliphatic rings. The van der Waals surface area contributed by atoms with Gasteiger partial charge >= 0.3 is 0 Å². The normalized spacial score (nSPS) is 21.6. The largest absolute Gasteiger partial charge is 0.276 e. The predicted octanol–water partition coefficient (Wildman–Crippen LogP) is 6.78. The molecule has 1 amide bonds. The molecular weight excluding hydrogens is 404 g/mol. The van der Waals surface area contributed by atoms with Crippen molar-refractivity contribution in [2.75, 3.05) is 0 Å². The van der Waals surface area contributed by atoms with Gasteiger partial charge in [0.2, 0.25) is 0 Å². The molecule has 2 atom stereocenters. The molecule has 3 aromatic carbocycles. The lowest BCUT2D eigenvalue weighted by Gasteiger charge is -2.29. The van der Waals surface area contributed by atoms with Crippen LogP contribution in [0.15, 0.2) is 95.6 Å². The maximum atomic E-state index is 13.6. The smallest absolute Gasteiger partial charge is 0.267 e. The molecule has 0 N–H and O–H groups in total. The molecule has 1 heterocycles. The van der Waals surface area contributed by atoms with Gasteiger partial charge in [-0.1, -0.05) is 84.4 Å². The van der Waals surface area contributed by atoms with Gasteiger partial charge in [0, 0.05) is 5.92 Å². The third-order valence-electron chi connectivity index (χ3n) is 6.10. The van der Waals surface area contributed by atoms with Crippen molar-refractivity contribution in [2.24, 2.45) is 11.0 Å². The third kappa shape index (κ3) is 3.82. The number of benzene rings is 3. The highest BCUT2D eigenvalue weighted by Crippen LogP contribution is 2.45. The van der Waals surface area contributed by atoms with Crippen LogP contribution in [0.1, 0.15) is 46.8 Å². The number of rotatable bonds is 3. The van der Waals surface area contributed by atoms with Crippen LogP contribution >= 0.6 is 11.6 Å². The van der Waals surface area contributed by atoms with Crippen molar-refractivity contribution in [1.82, 2.24) is 5.01 Å². The Labute approximate surface area is 187 Å². The lowest BCUT2D eigenvalue weighted by Crippen LogP contribution is -2.32. The summed E-state index contributed by atoms with van der Waals surface area (Å²) in [6.07, 6.45) is 5.28. The molecule has 1 fully saturated rings. The number of halogens is 1. The minimum absolute atomic E-state index is 0.126. The molecule has 0 radical (unpaired) electrons. The molecule has 0 saturated heterocycles. The second-order valence-electron chi connectivity index (χ2n) is 8.05. The second kappa shape index (κ2) is 8.52. The van der Waals surface area contributed by atoms with E-state index in [4.69, 9.17) is 16.7 Å². The Hall–Kier alpha value is -3.17. The van der Waals surface area contributed by atoms with Crippen LogP contribution in [0, 0.1) is 5.92 Å². The average molecular weight is 427 g/mol. The van der Waals surface area contributed by atoms with Crippen molar-refractivity contribution >= 4 is 29.3 Å². The van der Waals surface area contributed by atoms with Gasteiger partial charge in [0.1, 0.15) is 0 Å². The molecule has 4 heteroatoms. The van der Waals surface area contributed by atoms with E-state index < -0.39 is 0 Å². The molecule has 1 aliphatic heterocycles. The summed E-state index contributed by atoms with van der Waals surface area (Å²) in [5.41, 5.74) is 5.00. The van der Waals surface area contributed by atoms with Crippen LogP contribution in [0.2, 0.25) is 5.02 Å². The van der Waals surface area contributed by atoms with Gasteiger partial charge in [0.05, 0.1) is 22.3 Å². The molecule has 5 rings (SSSR count). The SMILES string of the molecule is O=C(c1ccccc1Cl)N1N=C2/C(=C/c3ccccc3)CCC[C@H]2[C@@H]1c1ccccc1. The van der Waals surface area contributed by atoms with E-state index in [1.807, 2.05) is 48.5 Å². The molecule has 0 unspecified atom stereocenters. The average Bonchev–Trinajstić information content (AvgIpc) is 3.21. The fourth-order valence-corrected chi connectivity index (χ4v) is 4.88. The van der Waals surface area contributed by atoms with Gasteiger partial charge in [-0.25, -0.2) is 5.01 Å². The van der Waals surface area contributed by atoms with Crippen LogP contribution in [0.5, 0.6) is 0 Å². The summed E-state index contributed by atoms with van der Waals surface area (Å²) in [6, 6.07) is 27.6. The fraction of sp³-hybridized carbons (Fsp3) is 0.185. The number of hydrogen-bond donors (Lipinski definition) is 0. The molecule has 0 bridgehead atoms. The molecule has 1 saturated carbocycles. The number of nitrogens with zero attached hydrogens (tertiary/aromatic N) is 2. The first-order chi connectivity index (χ1) is 15.2. The summed E-state index contributed by atoms with van der Waals surface area (Å²) < 4.78 is 0. The number of allylic oxidation sites excluding steroid dienone is 1. The minimum Gasteiger partial charge on any atom is -0.267 e. The zero-order valence-corrected chi connectivity index (χ0v) is 17.9. The van der Waals surface area contributed by atoms with E-state index in [2.05, 4.69) is 30.3 Å². The molecule has 1 aliphatic carbocycles. The van der Waals surface area contributed by atoms with Crippen LogP contribution in [-0.4, -0.2) is 16.6 Å². The van der Waals surface area contributed by atoms with Gasteiger partial charge in [-0.2, -0.15) is 5.10 Å². The van der Waals surface area contributed by atoms with Crippen molar-refractivity contribution in [3.8, 4) is 0 Å². The highest BCUT2D eigenvalue weighted by Gasteiger charge is 2.44. The van der Waals surface area contributed by atoms with E-state index in [9.17, 15) is 4.79 Å².